The Hall–Kier alpha value is -3.03. The average molecular weight is 373 g/mol. The predicted octanol–water partition coefficient (Wildman–Crippen LogP) is 1.33. The number of amides is 1. The summed E-state index contributed by atoms with van der Waals surface area (Å²) in [7, 11) is 0. The van der Waals surface area contributed by atoms with Gasteiger partial charge >= 0.3 is 5.97 Å². The summed E-state index contributed by atoms with van der Waals surface area (Å²) in [5.74, 6) is -3.01. The fourth-order valence-electron chi connectivity index (χ4n) is 3.32. The van der Waals surface area contributed by atoms with E-state index in [9.17, 15) is 23.9 Å². The number of halogens is 1. The maximum Gasteiger partial charge on any atom is 0.308 e. The van der Waals surface area contributed by atoms with E-state index >= 15 is 0 Å². The van der Waals surface area contributed by atoms with E-state index in [-0.39, 0.29) is 31.1 Å². The molecular weight excluding hydrogens is 353 g/mol. The average Bonchev–Trinajstić information content (AvgIpc) is 3.06. The minimum absolute atomic E-state index is 0.0375. The minimum Gasteiger partial charge on any atom is -0.481 e. The number of aryl methyl sites for hydroxylation is 2. The number of benzene rings is 1. The number of rotatable bonds is 4. The van der Waals surface area contributed by atoms with Gasteiger partial charge in [-0.3, -0.25) is 14.4 Å². The lowest BCUT2D eigenvalue weighted by atomic mass is 9.89. The number of carboxylic acid groups (broad SMARTS) is 1. The van der Waals surface area contributed by atoms with Crippen LogP contribution in [0.5, 0.6) is 0 Å². The van der Waals surface area contributed by atoms with Gasteiger partial charge in [-0.15, -0.1) is 0 Å². The fourth-order valence-corrected chi connectivity index (χ4v) is 3.32. The van der Waals surface area contributed by atoms with Gasteiger partial charge in [0.25, 0.3) is 5.56 Å². The molecule has 3 rings (SSSR count). The van der Waals surface area contributed by atoms with E-state index < -0.39 is 23.6 Å². The van der Waals surface area contributed by atoms with E-state index in [0.29, 0.717) is 11.3 Å². The lowest BCUT2D eigenvalue weighted by Gasteiger charge is -2.17. The molecule has 0 saturated carbocycles. The van der Waals surface area contributed by atoms with E-state index in [1.165, 1.54) is 23.1 Å². The number of nitrogens with zero attached hydrogens (tertiary/aromatic N) is 3. The molecule has 1 aromatic carbocycles. The van der Waals surface area contributed by atoms with E-state index in [0.717, 1.165) is 10.2 Å². The molecule has 1 amide bonds. The highest BCUT2D eigenvalue weighted by atomic mass is 19.1. The third kappa shape index (κ3) is 3.89. The van der Waals surface area contributed by atoms with Crippen LogP contribution in [0.25, 0.3) is 0 Å². The van der Waals surface area contributed by atoms with Crippen molar-refractivity contribution in [2.24, 2.45) is 5.92 Å². The predicted molar refractivity (Wildman–Crippen MR) is 94.8 cm³/mol. The first-order valence-electron chi connectivity index (χ1n) is 8.57. The summed E-state index contributed by atoms with van der Waals surface area (Å²) < 4.78 is 14.2. The second-order valence-corrected chi connectivity index (χ2v) is 6.81. The number of carboxylic acids is 1. The maximum atomic E-state index is 13.2. The van der Waals surface area contributed by atoms with Crippen LogP contribution in [0.1, 0.15) is 22.7 Å². The number of likely N-dealkylation sites (tertiary alicyclic amines) is 1. The van der Waals surface area contributed by atoms with Gasteiger partial charge in [0.05, 0.1) is 11.6 Å². The Bertz CT molecular complexity index is 939. The van der Waals surface area contributed by atoms with Gasteiger partial charge in [0.1, 0.15) is 12.4 Å². The smallest absolute Gasteiger partial charge is 0.308 e. The van der Waals surface area contributed by atoms with Gasteiger partial charge in [-0.2, -0.15) is 5.10 Å². The van der Waals surface area contributed by atoms with Crippen LogP contribution in [0.3, 0.4) is 0 Å². The molecule has 7 nitrogen and oxygen atoms in total. The standard InChI is InChI=1S/C19H20FN3O4/c1-11-7-17(24)23(21-12(11)2)10-18(25)22-8-15(16(9-22)19(26)27)13-3-5-14(20)6-4-13/h3-7,15-16H,8-10H2,1-2H3,(H,26,27)/t15-,16+/m1/s1. The van der Waals surface area contributed by atoms with Crippen LogP contribution in [0.15, 0.2) is 35.1 Å². The number of hydrogen-bond acceptors (Lipinski definition) is 4. The van der Waals surface area contributed by atoms with Crippen LogP contribution in [0.4, 0.5) is 4.39 Å². The first-order valence-corrected chi connectivity index (χ1v) is 8.57. The van der Waals surface area contributed by atoms with Crippen molar-refractivity contribution < 1.29 is 19.1 Å². The summed E-state index contributed by atoms with van der Waals surface area (Å²) in [6.45, 7) is 3.50. The van der Waals surface area contributed by atoms with Crippen molar-refractivity contribution in [2.45, 2.75) is 26.3 Å². The van der Waals surface area contributed by atoms with E-state index in [2.05, 4.69) is 5.10 Å². The van der Waals surface area contributed by atoms with Gasteiger partial charge in [0.15, 0.2) is 0 Å². The van der Waals surface area contributed by atoms with Crippen molar-refractivity contribution >= 4 is 11.9 Å². The molecule has 2 atom stereocenters. The Labute approximate surface area is 155 Å². The Morgan fingerprint density at radius 1 is 1.22 bits per heavy atom. The number of hydrogen-bond donors (Lipinski definition) is 1. The van der Waals surface area contributed by atoms with Crippen LogP contribution < -0.4 is 5.56 Å². The third-order valence-corrected chi connectivity index (χ3v) is 5.01. The Kier molecular flexibility index (Phi) is 5.07. The largest absolute Gasteiger partial charge is 0.481 e. The summed E-state index contributed by atoms with van der Waals surface area (Å²) in [5.41, 5.74) is 1.68. The monoisotopic (exact) mass is 373 g/mol. The summed E-state index contributed by atoms with van der Waals surface area (Å²) in [4.78, 5) is 37.7. The number of aromatic nitrogens is 2. The fraction of sp³-hybridized carbons (Fsp3) is 0.368. The molecule has 1 saturated heterocycles. The molecule has 1 aliphatic heterocycles. The van der Waals surface area contributed by atoms with E-state index in [1.54, 1.807) is 26.0 Å². The number of aliphatic carboxylic acids is 1. The molecule has 27 heavy (non-hydrogen) atoms. The van der Waals surface area contributed by atoms with Gasteiger partial charge in [-0.05, 0) is 37.1 Å². The molecule has 0 radical (unpaired) electrons. The second kappa shape index (κ2) is 7.30. The van der Waals surface area contributed by atoms with Crippen molar-refractivity contribution in [2.75, 3.05) is 13.1 Å². The topological polar surface area (TPSA) is 92.5 Å². The lowest BCUT2D eigenvalue weighted by Crippen LogP contribution is -2.36. The van der Waals surface area contributed by atoms with Crippen molar-refractivity contribution in [3.63, 3.8) is 0 Å². The normalized spacial score (nSPS) is 19.3. The van der Waals surface area contributed by atoms with Gasteiger partial charge < -0.3 is 10.0 Å². The summed E-state index contributed by atoms with van der Waals surface area (Å²) in [5, 5.41) is 13.6. The Balaban J connectivity index is 1.80. The van der Waals surface area contributed by atoms with Gasteiger partial charge in [-0.25, -0.2) is 9.07 Å². The highest BCUT2D eigenvalue weighted by molar-refractivity contribution is 5.79. The summed E-state index contributed by atoms with van der Waals surface area (Å²) in [6.07, 6.45) is 0. The van der Waals surface area contributed by atoms with E-state index in [4.69, 9.17) is 0 Å². The van der Waals surface area contributed by atoms with Gasteiger partial charge in [0.2, 0.25) is 5.91 Å². The molecule has 0 aliphatic carbocycles. The molecule has 2 heterocycles. The molecule has 1 fully saturated rings. The van der Waals surface area contributed by atoms with E-state index in [1.807, 2.05) is 0 Å². The zero-order valence-corrected chi connectivity index (χ0v) is 15.1. The summed E-state index contributed by atoms with van der Waals surface area (Å²) in [6, 6.07) is 7.05. The lowest BCUT2D eigenvalue weighted by molar-refractivity contribution is -0.141. The maximum absolute atomic E-state index is 13.2. The van der Waals surface area contributed by atoms with Crippen LogP contribution in [0, 0.1) is 25.6 Å². The van der Waals surface area contributed by atoms with Crippen LogP contribution in [-0.4, -0.2) is 44.8 Å². The quantitative estimate of drug-likeness (QED) is 0.873. The molecule has 1 N–H and O–H groups in total. The highest BCUT2D eigenvalue weighted by Gasteiger charge is 2.40. The molecule has 0 spiro atoms. The van der Waals surface area contributed by atoms with Crippen molar-refractivity contribution in [3.05, 3.63) is 63.3 Å². The van der Waals surface area contributed by atoms with Crippen LogP contribution in [0.2, 0.25) is 0 Å². The number of carbonyl (C=O) groups is 2. The van der Waals surface area contributed by atoms with Gasteiger partial charge in [0, 0.05) is 25.1 Å². The SMILES string of the molecule is Cc1cc(=O)n(CC(=O)N2C[C@H](C(=O)O)[C@@H](c3ccc(F)cc3)C2)nc1C. The number of carbonyl (C=O) groups excluding carboxylic acids is 1. The molecule has 0 bridgehead atoms. The van der Waals surface area contributed by atoms with Crippen molar-refractivity contribution in [1.82, 2.24) is 14.7 Å². The molecular formula is C19H20FN3O4. The zero-order chi connectivity index (χ0) is 19.7. The van der Waals surface area contributed by atoms with Gasteiger partial charge in [-0.1, -0.05) is 12.1 Å². The zero-order valence-electron chi connectivity index (χ0n) is 15.1. The first kappa shape index (κ1) is 18.8. The van der Waals surface area contributed by atoms with Crippen LogP contribution >= 0.6 is 0 Å². The molecule has 8 heteroatoms. The first-order chi connectivity index (χ1) is 12.8. The molecule has 1 aromatic heterocycles. The Morgan fingerprint density at radius 3 is 2.52 bits per heavy atom. The third-order valence-electron chi connectivity index (χ3n) is 5.01. The van der Waals surface area contributed by atoms with Crippen LogP contribution in [-0.2, 0) is 16.1 Å². The summed E-state index contributed by atoms with van der Waals surface area (Å²) >= 11 is 0. The minimum atomic E-state index is -1.01. The molecule has 0 unspecified atom stereocenters. The van der Waals surface area contributed by atoms with Crippen molar-refractivity contribution in [3.8, 4) is 0 Å². The molecule has 2 aromatic rings. The molecule has 142 valence electrons. The van der Waals surface area contributed by atoms with Crippen molar-refractivity contribution in [1.29, 1.82) is 0 Å². The molecule has 1 aliphatic rings. The second-order valence-electron chi connectivity index (χ2n) is 6.81. The highest BCUT2D eigenvalue weighted by Crippen LogP contribution is 2.33. The Morgan fingerprint density at radius 2 is 1.89 bits per heavy atom.